The van der Waals surface area contributed by atoms with E-state index < -0.39 is 12.1 Å². The van der Waals surface area contributed by atoms with Gasteiger partial charge in [-0.3, -0.25) is 0 Å². The zero-order valence-corrected chi connectivity index (χ0v) is 20.1. The minimum absolute atomic E-state index is 0.142. The van der Waals surface area contributed by atoms with Crippen LogP contribution in [-0.4, -0.2) is 53.8 Å². The molecule has 0 radical (unpaired) electrons. The lowest BCUT2D eigenvalue weighted by Gasteiger charge is -2.32. The first-order valence-corrected chi connectivity index (χ1v) is 12.0. The number of nitrogens with one attached hydrogen (secondary N) is 1. The van der Waals surface area contributed by atoms with E-state index in [4.69, 9.17) is 15.0 Å². The predicted octanol–water partition coefficient (Wildman–Crippen LogP) is 5.20. The maximum Gasteiger partial charge on any atom is 0.102 e. The van der Waals surface area contributed by atoms with E-state index >= 15 is 0 Å². The van der Waals surface area contributed by atoms with Gasteiger partial charge in [0.05, 0.1) is 36.5 Å². The quantitative estimate of drug-likeness (QED) is 0.171. The van der Waals surface area contributed by atoms with E-state index in [9.17, 15) is 5.11 Å². The number of aliphatic hydroxyl groups is 1. The summed E-state index contributed by atoms with van der Waals surface area (Å²) in [5.41, 5.74) is 11.0. The van der Waals surface area contributed by atoms with Crippen LogP contribution >= 0.6 is 0 Å². The summed E-state index contributed by atoms with van der Waals surface area (Å²) in [5.74, 6) is 0. The molecule has 176 valence electrons. The molecule has 2 aliphatic carbocycles. The molecule has 0 amide bonds. The van der Waals surface area contributed by atoms with E-state index in [1.54, 1.807) is 0 Å². The zero-order chi connectivity index (χ0) is 23.0. The fraction of sp³-hybridized carbons (Fsp3) is 0.833. The van der Waals surface area contributed by atoms with E-state index in [1.165, 1.54) is 12.0 Å². The Morgan fingerprint density at radius 1 is 1.00 bits per heavy atom. The molecule has 3 unspecified atom stereocenters. The highest BCUT2D eigenvalue weighted by Crippen LogP contribution is 2.31. The largest absolute Gasteiger partial charge is 0.390 e. The number of hydrogen-bond donors (Lipinski definition) is 2. The SMILES string of the molecule is CCC(CC)OC1C=C(C)CC(N=[N+]=[N-])C1O.CCC(CC)O[C@@H]1C=C(C)C[C@H]2N[C@H]21. The second-order valence-corrected chi connectivity index (χ2v) is 9.07. The molecule has 1 fully saturated rings. The van der Waals surface area contributed by atoms with E-state index in [1.807, 2.05) is 13.0 Å². The van der Waals surface area contributed by atoms with Crippen molar-refractivity contribution in [2.45, 2.75) is 129 Å². The molecular formula is C24H42N4O3. The molecule has 1 saturated heterocycles. The Morgan fingerprint density at radius 3 is 2.06 bits per heavy atom. The topological polar surface area (TPSA) is 109 Å². The molecule has 0 bridgehead atoms. The highest BCUT2D eigenvalue weighted by molar-refractivity contribution is 5.23. The van der Waals surface area contributed by atoms with Gasteiger partial charge < -0.3 is 19.9 Å². The molecule has 0 aromatic carbocycles. The van der Waals surface area contributed by atoms with Crippen molar-refractivity contribution in [3.63, 3.8) is 0 Å². The molecule has 31 heavy (non-hydrogen) atoms. The maximum absolute atomic E-state index is 10.1. The van der Waals surface area contributed by atoms with Crippen LogP contribution in [0.15, 0.2) is 28.4 Å². The van der Waals surface area contributed by atoms with E-state index in [2.05, 4.69) is 56.0 Å². The molecule has 1 heterocycles. The third kappa shape index (κ3) is 7.62. The Labute approximate surface area is 187 Å². The Kier molecular flexibility index (Phi) is 10.5. The van der Waals surface area contributed by atoms with Gasteiger partial charge in [0.25, 0.3) is 0 Å². The first-order chi connectivity index (χ1) is 14.9. The second kappa shape index (κ2) is 12.6. The molecule has 3 rings (SSSR count). The summed E-state index contributed by atoms with van der Waals surface area (Å²) in [7, 11) is 0. The summed E-state index contributed by atoms with van der Waals surface area (Å²) in [6, 6.07) is 0.906. The summed E-state index contributed by atoms with van der Waals surface area (Å²) in [4.78, 5) is 2.78. The summed E-state index contributed by atoms with van der Waals surface area (Å²) >= 11 is 0. The second-order valence-electron chi connectivity index (χ2n) is 9.07. The zero-order valence-electron chi connectivity index (χ0n) is 20.1. The Hall–Kier alpha value is -1.37. The van der Waals surface area contributed by atoms with Crippen LogP contribution in [0.5, 0.6) is 0 Å². The lowest BCUT2D eigenvalue weighted by molar-refractivity contribution is -0.0660. The third-order valence-electron chi connectivity index (χ3n) is 6.51. The van der Waals surface area contributed by atoms with Crippen molar-refractivity contribution >= 4 is 0 Å². The third-order valence-corrected chi connectivity index (χ3v) is 6.51. The molecule has 0 spiro atoms. The molecule has 2 N–H and O–H groups in total. The minimum atomic E-state index is -0.741. The van der Waals surface area contributed by atoms with E-state index in [0.717, 1.165) is 31.3 Å². The maximum atomic E-state index is 10.1. The normalized spacial score (nSPS) is 31.8. The van der Waals surface area contributed by atoms with Crippen molar-refractivity contribution in [2.75, 3.05) is 0 Å². The molecule has 0 aromatic rings. The van der Waals surface area contributed by atoms with Crippen molar-refractivity contribution in [2.24, 2.45) is 5.11 Å². The van der Waals surface area contributed by atoms with Gasteiger partial charge in [0.1, 0.15) is 6.10 Å². The van der Waals surface area contributed by atoms with Gasteiger partial charge >= 0.3 is 0 Å². The molecule has 7 heteroatoms. The molecule has 1 aliphatic heterocycles. The highest BCUT2D eigenvalue weighted by atomic mass is 16.5. The van der Waals surface area contributed by atoms with Crippen LogP contribution < -0.4 is 5.32 Å². The van der Waals surface area contributed by atoms with Crippen LogP contribution in [0.3, 0.4) is 0 Å². The summed E-state index contributed by atoms with van der Waals surface area (Å²) in [6.45, 7) is 12.7. The van der Waals surface area contributed by atoms with Crippen LogP contribution in [0, 0.1) is 0 Å². The standard InChI is InChI=1S/C12H21N3O2.C12H21NO/c1-4-9(5-2)17-11-7-8(3)6-10(12(11)16)14-15-13;1-4-9(5-2)14-11-7-8(3)6-10-12(11)13-10/h7,9-12,16H,4-6H2,1-3H3;7,9-13H,4-6H2,1-3H3/t;10-,11-,12-/m.1/s1. The lowest BCUT2D eigenvalue weighted by Crippen LogP contribution is -2.41. The number of nitrogens with zero attached hydrogens (tertiary/aromatic N) is 3. The van der Waals surface area contributed by atoms with Gasteiger partial charge in [-0.05, 0) is 57.9 Å². The van der Waals surface area contributed by atoms with E-state index in [-0.39, 0.29) is 12.2 Å². The fourth-order valence-corrected chi connectivity index (χ4v) is 4.44. The van der Waals surface area contributed by atoms with Gasteiger partial charge in [-0.2, -0.15) is 0 Å². The van der Waals surface area contributed by atoms with Crippen LogP contribution in [0.4, 0.5) is 0 Å². The van der Waals surface area contributed by atoms with Gasteiger partial charge in [0.15, 0.2) is 0 Å². The number of rotatable bonds is 9. The summed E-state index contributed by atoms with van der Waals surface area (Å²) in [6.07, 6.45) is 9.95. The van der Waals surface area contributed by atoms with Crippen molar-refractivity contribution in [3.05, 3.63) is 33.7 Å². The first kappa shape index (κ1) is 25.9. The van der Waals surface area contributed by atoms with Gasteiger partial charge in [0.2, 0.25) is 0 Å². The molecule has 7 nitrogen and oxygen atoms in total. The van der Waals surface area contributed by atoms with Crippen LogP contribution in [0.25, 0.3) is 10.4 Å². The van der Waals surface area contributed by atoms with Crippen molar-refractivity contribution in [1.82, 2.24) is 5.32 Å². The van der Waals surface area contributed by atoms with Crippen LogP contribution in [-0.2, 0) is 9.47 Å². The van der Waals surface area contributed by atoms with Gasteiger partial charge in [-0.15, -0.1) is 0 Å². The molecular weight excluding hydrogens is 392 g/mol. The average Bonchev–Trinajstić information content (AvgIpc) is 3.53. The van der Waals surface area contributed by atoms with Crippen LogP contribution in [0.2, 0.25) is 0 Å². The van der Waals surface area contributed by atoms with Gasteiger partial charge in [-0.1, -0.05) is 56.1 Å². The lowest BCUT2D eigenvalue weighted by atomic mass is 9.91. The average molecular weight is 435 g/mol. The molecule has 0 aromatic heterocycles. The van der Waals surface area contributed by atoms with Gasteiger partial charge in [0, 0.05) is 11.0 Å². The Bertz CT molecular complexity index is 666. The van der Waals surface area contributed by atoms with E-state index in [0.29, 0.717) is 30.7 Å². The molecule has 0 saturated carbocycles. The summed E-state index contributed by atoms with van der Waals surface area (Å²) < 4.78 is 11.9. The van der Waals surface area contributed by atoms with Crippen molar-refractivity contribution in [1.29, 1.82) is 0 Å². The first-order valence-electron chi connectivity index (χ1n) is 12.0. The number of azide groups is 1. The van der Waals surface area contributed by atoms with Crippen molar-refractivity contribution < 1.29 is 14.6 Å². The summed E-state index contributed by atoms with van der Waals surface area (Å²) in [5, 5.41) is 17.2. The number of hydrogen-bond acceptors (Lipinski definition) is 5. The van der Waals surface area contributed by atoms with Crippen LogP contribution in [0.1, 0.15) is 80.1 Å². The molecule has 6 atom stereocenters. The fourth-order valence-electron chi connectivity index (χ4n) is 4.44. The van der Waals surface area contributed by atoms with Crippen molar-refractivity contribution in [3.8, 4) is 0 Å². The number of fused-ring (bicyclic) bond motifs is 1. The smallest absolute Gasteiger partial charge is 0.102 e. The highest BCUT2D eigenvalue weighted by Gasteiger charge is 2.45. The monoisotopic (exact) mass is 434 g/mol. The Balaban J connectivity index is 0.000000224. The Morgan fingerprint density at radius 2 is 1.52 bits per heavy atom. The number of aliphatic hydroxyl groups excluding tert-OH is 1. The predicted molar refractivity (Wildman–Crippen MR) is 125 cm³/mol. The van der Waals surface area contributed by atoms with Gasteiger partial charge in [-0.25, -0.2) is 0 Å². The number of ether oxygens (including phenoxy) is 2. The minimum Gasteiger partial charge on any atom is -0.390 e. The molecule has 3 aliphatic rings.